The first-order valence-electron chi connectivity index (χ1n) is 6.52. The Bertz CT molecular complexity index is 512. The average molecular weight is 279 g/mol. The van der Waals surface area contributed by atoms with Gasteiger partial charge in [0.1, 0.15) is 11.3 Å². The second kappa shape index (κ2) is 6.33. The molecule has 1 fully saturated rings. The summed E-state index contributed by atoms with van der Waals surface area (Å²) in [5.41, 5.74) is 5.18. The number of hydrogen-bond acceptors (Lipinski definition) is 5. The van der Waals surface area contributed by atoms with Crippen LogP contribution >= 0.6 is 0 Å². The number of carbonyl (C=O) groups is 1. The molecule has 1 saturated heterocycles. The van der Waals surface area contributed by atoms with Crippen LogP contribution in [0.4, 0.5) is 11.4 Å². The zero-order valence-electron chi connectivity index (χ0n) is 11.0. The van der Waals surface area contributed by atoms with E-state index in [-0.39, 0.29) is 23.0 Å². The van der Waals surface area contributed by atoms with E-state index in [1.165, 1.54) is 18.2 Å². The van der Waals surface area contributed by atoms with Crippen LogP contribution in [0.25, 0.3) is 0 Å². The largest absolute Gasteiger partial charge is 0.393 e. The Balaban J connectivity index is 1.98. The van der Waals surface area contributed by atoms with E-state index in [2.05, 4.69) is 5.32 Å². The van der Waals surface area contributed by atoms with Crippen LogP contribution in [0, 0.1) is 10.1 Å². The van der Waals surface area contributed by atoms with E-state index in [9.17, 15) is 14.9 Å². The minimum Gasteiger partial charge on any atom is -0.393 e. The molecule has 0 spiro atoms. The fourth-order valence-electron chi connectivity index (χ4n) is 2.26. The van der Waals surface area contributed by atoms with Gasteiger partial charge in [0, 0.05) is 13.2 Å². The Morgan fingerprint density at radius 1 is 1.55 bits per heavy atom. The van der Waals surface area contributed by atoms with E-state index in [4.69, 9.17) is 10.5 Å². The van der Waals surface area contributed by atoms with Crippen molar-refractivity contribution in [2.24, 2.45) is 0 Å². The first-order chi connectivity index (χ1) is 9.59. The lowest BCUT2D eigenvalue weighted by Gasteiger charge is -2.10. The number of carbonyl (C=O) groups excluding carboxylic acids is 1. The Labute approximate surface area is 116 Å². The first kappa shape index (κ1) is 14.3. The summed E-state index contributed by atoms with van der Waals surface area (Å²) in [5.74, 6) is -0.484. The van der Waals surface area contributed by atoms with Crippen LogP contribution in [0.1, 0.15) is 29.6 Å². The Kier molecular flexibility index (Phi) is 4.52. The Morgan fingerprint density at radius 3 is 3.00 bits per heavy atom. The predicted octanol–water partition coefficient (Wildman–Crippen LogP) is 1.48. The van der Waals surface area contributed by atoms with Gasteiger partial charge in [0.15, 0.2) is 0 Å². The van der Waals surface area contributed by atoms with Gasteiger partial charge < -0.3 is 15.8 Å². The quantitative estimate of drug-likeness (QED) is 0.482. The van der Waals surface area contributed by atoms with E-state index in [0.717, 1.165) is 19.4 Å². The number of anilines is 1. The number of nitrogen functional groups attached to an aromatic ring is 1. The van der Waals surface area contributed by atoms with Crippen molar-refractivity contribution >= 4 is 17.3 Å². The van der Waals surface area contributed by atoms with Crippen LogP contribution in [0.2, 0.25) is 0 Å². The fraction of sp³-hybridized carbons (Fsp3) is 0.462. The number of hydrogen-bond donors (Lipinski definition) is 2. The summed E-state index contributed by atoms with van der Waals surface area (Å²) in [6.07, 6.45) is 2.92. The summed E-state index contributed by atoms with van der Waals surface area (Å²) in [7, 11) is 0. The number of nitro benzene ring substituents is 1. The van der Waals surface area contributed by atoms with Crippen LogP contribution < -0.4 is 11.1 Å². The van der Waals surface area contributed by atoms with Gasteiger partial charge in [0.05, 0.1) is 11.0 Å². The molecule has 1 aromatic rings. The summed E-state index contributed by atoms with van der Waals surface area (Å²) in [6.45, 7) is 1.19. The highest BCUT2D eigenvalue weighted by Gasteiger charge is 2.23. The smallest absolute Gasteiger partial charge is 0.304 e. The molecule has 7 heteroatoms. The maximum absolute atomic E-state index is 12.0. The second-order valence-electron chi connectivity index (χ2n) is 4.68. The van der Waals surface area contributed by atoms with Crippen molar-refractivity contribution in [3.63, 3.8) is 0 Å². The maximum Gasteiger partial charge on any atom is 0.304 e. The number of nitrogens with zero attached hydrogens (tertiary/aromatic N) is 1. The average Bonchev–Trinajstić information content (AvgIpc) is 2.91. The second-order valence-corrected chi connectivity index (χ2v) is 4.68. The van der Waals surface area contributed by atoms with Gasteiger partial charge >= 0.3 is 5.69 Å². The molecule has 1 aliphatic rings. The van der Waals surface area contributed by atoms with Crippen LogP contribution in [0.3, 0.4) is 0 Å². The minimum atomic E-state index is -0.635. The molecule has 108 valence electrons. The van der Waals surface area contributed by atoms with Gasteiger partial charge in [-0.1, -0.05) is 6.07 Å². The molecule has 1 aliphatic heterocycles. The van der Waals surface area contributed by atoms with Crippen molar-refractivity contribution in [3.05, 3.63) is 33.9 Å². The monoisotopic (exact) mass is 279 g/mol. The van der Waals surface area contributed by atoms with E-state index in [1.807, 2.05) is 0 Å². The van der Waals surface area contributed by atoms with Gasteiger partial charge in [0.2, 0.25) is 0 Å². The summed E-state index contributed by atoms with van der Waals surface area (Å²) in [6, 6.07) is 4.33. The Morgan fingerprint density at radius 2 is 2.35 bits per heavy atom. The van der Waals surface area contributed by atoms with Gasteiger partial charge in [-0.3, -0.25) is 14.9 Å². The summed E-state index contributed by atoms with van der Waals surface area (Å²) < 4.78 is 5.44. The van der Waals surface area contributed by atoms with E-state index < -0.39 is 10.8 Å². The molecule has 0 radical (unpaired) electrons. The van der Waals surface area contributed by atoms with Crippen molar-refractivity contribution in [1.82, 2.24) is 5.32 Å². The number of benzene rings is 1. The van der Waals surface area contributed by atoms with E-state index in [0.29, 0.717) is 13.0 Å². The lowest BCUT2D eigenvalue weighted by Crippen LogP contribution is -2.27. The lowest BCUT2D eigenvalue weighted by atomic mass is 10.1. The third kappa shape index (κ3) is 3.24. The normalized spacial score (nSPS) is 17.9. The van der Waals surface area contributed by atoms with Crippen molar-refractivity contribution in [3.8, 4) is 0 Å². The number of nitro groups is 1. The van der Waals surface area contributed by atoms with Crippen molar-refractivity contribution in [1.29, 1.82) is 0 Å². The predicted molar refractivity (Wildman–Crippen MR) is 73.4 cm³/mol. The Hall–Kier alpha value is -2.15. The molecule has 0 saturated carbocycles. The fourth-order valence-corrected chi connectivity index (χ4v) is 2.26. The topological polar surface area (TPSA) is 107 Å². The van der Waals surface area contributed by atoms with Crippen LogP contribution in [-0.4, -0.2) is 30.1 Å². The summed E-state index contributed by atoms with van der Waals surface area (Å²) >= 11 is 0. The molecule has 2 rings (SSSR count). The molecule has 1 atom stereocenters. The molecule has 3 N–H and O–H groups in total. The van der Waals surface area contributed by atoms with E-state index in [1.54, 1.807) is 0 Å². The van der Waals surface area contributed by atoms with Gasteiger partial charge in [-0.2, -0.15) is 0 Å². The van der Waals surface area contributed by atoms with E-state index >= 15 is 0 Å². The molecular formula is C13H17N3O4. The molecule has 0 aromatic heterocycles. The molecule has 7 nitrogen and oxygen atoms in total. The third-order valence-electron chi connectivity index (χ3n) is 3.27. The summed E-state index contributed by atoms with van der Waals surface area (Å²) in [5, 5.41) is 13.6. The van der Waals surface area contributed by atoms with Crippen molar-refractivity contribution in [2.75, 3.05) is 18.9 Å². The standard InChI is InChI=1S/C13H17N3O4/c14-11-5-1-4-10(12(11)16(18)19)13(17)15-7-6-9-3-2-8-20-9/h1,4-5,9H,2-3,6-8,14H2,(H,15,17). The van der Waals surface area contributed by atoms with Crippen molar-refractivity contribution in [2.45, 2.75) is 25.4 Å². The van der Waals surface area contributed by atoms with Gasteiger partial charge in [-0.15, -0.1) is 0 Å². The number of nitrogens with two attached hydrogens (primary N) is 1. The molecule has 20 heavy (non-hydrogen) atoms. The number of para-hydroxylation sites is 1. The van der Waals surface area contributed by atoms with Gasteiger partial charge in [-0.05, 0) is 31.4 Å². The highest BCUT2D eigenvalue weighted by Crippen LogP contribution is 2.25. The molecule has 0 bridgehead atoms. The molecule has 0 aliphatic carbocycles. The molecule has 1 unspecified atom stereocenters. The van der Waals surface area contributed by atoms with Gasteiger partial charge in [0.25, 0.3) is 5.91 Å². The SMILES string of the molecule is Nc1cccc(C(=O)NCCC2CCCO2)c1[N+](=O)[O-]. The first-order valence-corrected chi connectivity index (χ1v) is 6.52. The third-order valence-corrected chi connectivity index (χ3v) is 3.27. The number of nitrogens with one attached hydrogen (secondary N) is 1. The minimum absolute atomic E-state index is 0.0117. The van der Waals surface area contributed by atoms with Crippen molar-refractivity contribution < 1.29 is 14.5 Å². The lowest BCUT2D eigenvalue weighted by molar-refractivity contribution is -0.384. The number of rotatable bonds is 5. The van der Waals surface area contributed by atoms with Crippen LogP contribution in [0.5, 0.6) is 0 Å². The van der Waals surface area contributed by atoms with Gasteiger partial charge in [-0.25, -0.2) is 0 Å². The highest BCUT2D eigenvalue weighted by molar-refractivity contribution is 6.00. The zero-order chi connectivity index (χ0) is 14.5. The summed E-state index contributed by atoms with van der Waals surface area (Å²) in [4.78, 5) is 22.3. The zero-order valence-corrected chi connectivity index (χ0v) is 11.0. The van der Waals surface area contributed by atoms with Crippen LogP contribution in [-0.2, 0) is 4.74 Å². The molecule has 1 aromatic carbocycles. The molecule has 1 heterocycles. The number of ether oxygens (including phenoxy) is 1. The maximum atomic E-state index is 12.0. The van der Waals surface area contributed by atoms with Crippen LogP contribution in [0.15, 0.2) is 18.2 Å². The highest BCUT2D eigenvalue weighted by atomic mass is 16.6. The number of amides is 1. The molecular weight excluding hydrogens is 262 g/mol. The molecule has 1 amide bonds.